The molecule has 1 N–H and O–H groups in total. The van der Waals surface area contributed by atoms with Crippen LogP contribution in [-0.2, 0) is 19.1 Å². The van der Waals surface area contributed by atoms with Crippen molar-refractivity contribution in [3.8, 4) is 0 Å². The van der Waals surface area contributed by atoms with E-state index in [4.69, 9.17) is 9.47 Å². The molecule has 0 aromatic heterocycles. The minimum Gasteiger partial charge on any atom is -0.410 e. The highest BCUT2D eigenvalue weighted by Crippen LogP contribution is 2.33. The number of ether oxygens (including phenoxy) is 2. The monoisotopic (exact) mass is 330 g/mol. The van der Waals surface area contributed by atoms with Gasteiger partial charge in [-0.05, 0) is 12.8 Å². The maximum absolute atomic E-state index is 14.4. The second kappa shape index (κ2) is 7.72. The fourth-order valence-electron chi connectivity index (χ4n) is 2.75. The van der Waals surface area contributed by atoms with Gasteiger partial charge in [-0.25, -0.2) is 9.18 Å². The van der Waals surface area contributed by atoms with Crippen molar-refractivity contribution in [3.05, 3.63) is 0 Å². The van der Waals surface area contributed by atoms with Crippen LogP contribution in [0, 0.1) is 0 Å². The van der Waals surface area contributed by atoms with Crippen molar-refractivity contribution >= 4 is 17.9 Å². The topological polar surface area (TPSA) is 84.9 Å². The summed E-state index contributed by atoms with van der Waals surface area (Å²) in [5, 5.41) is 1.89. The Bertz CT molecular complexity index is 473. The van der Waals surface area contributed by atoms with Crippen molar-refractivity contribution in [2.45, 2.75) is 64.0 Å². The van der Waals surface area contributed by atoms with Crippen LogP contribution in [-0.4, -0.2) is 48.0 Å². The van der Waals surface area contributed by atoms with Crippen LogP contribution in [0.1, 0.15) is 51.9 Å². The maximum Gasteiger partial charge on any atom is 0.343 e. The molecular weight excluding hydrogens is 307 g/mol. The molecule has 7 nitrogen and oxygen atoms in total. The Labute approximate surface area is 134 Å². The second-order valence-corrected chi connectivity index (χ2v) is 5.78. The first-order valence-electron chi connectivity index (χ1n) is 8.13. The number of rotatable bonds is 7. The van der Waals surface area contributed by atoms with Gasteiger partial charge in [-0.15, -0.1) is 0 Å². The van der Waals surface area contributed by atoms with Crippen LogP contribution in [0.5, 0.6) is 0 Å². The van der Waals surface area contributed by atoms with E-state index in [1.165, 1.54) is 0 Å². The molecule has 2 atom stereocenters. The van der Waals surface area contributed by atoms with Crippen LogP contribution >= 0.6 is 0 Å². The third-order valence-corrected chi connectivity index (χ3v) is 3.98. The van der Waals surface area contributed by atoms with Crippen LogP contribution in [0.2, 0.25) is 0 Å². The number of fused-ring (bicyclic) bond motifs is 1. The molecule has 2 saturated heterocycles. The number of nitrogens with zero attached hydrogens (tertiary/aromatic N) is 1. The predicted molar refractivity (Wildman–Crippen MR) is 77.9 cm³/mol. The molecule has 2 heterocycles. The summed E-state index contributed by atoms with van der Waals surface area (Å²) in [6.07, 6.45) is 3.02. The molecule has 0 radical (unpaired) electrons. The van der Waals surface area contributed by atoms with Crippen molar-refractivity contribution < 1.29 is 28.2 Å². The molecule has 0 saturated carbocycles. The number of urea groups is 1. The van der Waals surface area contributed by atoms with Gasteiger partial charge in [0.1, 0.15) is 0 Å². The lowest BCUT2D eigenvalue weighted by molar-refractivity contribution is -0.327. The molecule has 130 valence electrons. The average Bonchev–Trinajstić information content (AvgIpc) is 2.53. The molecular formula is C15H23FN2O5. The van der Waals surface area contributed by atoms with Crippen LogP contribution in [0.4, 0.5) is 9.18 Å². The van der Waals surface area contributed by atoms with Gasteiger partial charge in [-0.3, -0.25) is 19.8 Å². The zero-order chi connectivity index (χ0) is 16.9. The smallest absolute Gasteiger partial charge is 0.343 e. The number of imide groups is 1. The van der Waals surface area contributed by atoms with E-state index in [1.54, 1.807) is 0 Å². The van der Waals surface area contributed by atoms with Gasteiger partial charge in [-0.1, -0.05) is 32.6 Å². The van der Waals surface area contributed by atoms with Crippen molar-refractivity contribution in [2.24, 2.45) is 0 Å². The lowest BCUT2D eigenvalue weighted by Crippen LogP contribution is -2.73. The first-order chi connectivity index (χ1) is 11.0. The van der Waals surface area contributed by atoms with E-state index in [2.05, 4.69) is 6.92 Å². The SMILES string of the molecule is CCCCCCCC(=O)OC12OCCCN1C(=O)NC(=O)[C@@H]2F. The van der Waals surface area contributed by atoms with E-state index in [-0.39, 0.29) is 19.6 Å². The second-order valence-electron chi connectivity index (χ2n) is 5.78. The molecule has 0 bridgehead atoms. The van der Waals surface area contributed by atoms with Gasteiger partial charge in [0.15, 0.2) is 0 Å². The quantitative estimate of drug-likeness (QED) is 0.569. The van der Waals surface area contributed by atoms with E-state index < -0.39 is 30.0 Å². The molecule has 23 heavy (non-hydrogen) atoms. The predicted octanol–water partition coefficient (Wildman–Crippen LogP) is 1.85. The largest absolute Gasteiger partial charge is 0.410 e. The summed E-state index contributed by atoms with van der Waals surface area (Å²) in [4.78, 5) is 36.4. The number of unbranched alkanes of at least 4 members (excludes halogenated alkanes) is 4. The van der Waals surface area contributed by atoms with Crippen molar-refractivity contribution in [1.29, 1.82) is 0 Å². The van der Waals surface area contributed by atoms with Gasteiger partial charge in [-0.2, -0.15) is 0 Å². The first kappa shape index (κ1) is 17.7. The zero-order valence-corrected chi connectivity index (χ0v) is 13.3. The molecule has 0 aromatic rings. The number of esters is 1. The standard InChI is InChI=1S/C15H23FN2O5/c1-2-3-4-5-6-8-11(19)23-15-12(16)13(20)17-14(21)18(15)9-7-10-22-15/h12H,2-10H2,1H3,(H,17,20,21)/t12-,15?/m0/s1. The van der Waals surface area contributed by atoms with Gasteiger partial charge >= 0.3 is 17.9 Å². The number of nitrogens with one attached hydrogen (secondary N) is 1. The Morgan fingerprint density at radius 1 is 1.39 bits per heavy atom. The Morgan fingerprint density at radius 3 is 2.87 bits per heavy atom. The van der Waals surface area contributed by atoms with Crippen molar-refractivity contribution in [1.82, 2.24) is 10.2 Å². The lowest BCUT2D eigenvalue weighted by Gasteiger charge is -2.47. The molecule has 2 rings (SSSR count). The summed E-state index contributed by atoms with van der Waals surface area (Å²) in [6, 6.07) is -0.806. The van der Waals surface area contributed by atoms with E-state index in [9.17, 15) is 18.8 Å². The van der Waals surface area contributed by atoms with Gasteiger partial charge in [0.2, 0.25) is 0 Å². The highest BCUT2D eigenvalue weighted by Gasteiger charge is 2.60. The lowest BCUT2D eigenvalue weighted by atomic mass is 10.1. The summed E-state index contributed by atoms with van der Waals surface area (Å²) in [6.45, 7) is 2.36. The summed E-state index contributed by atoms with van der Waals surface area (Å²) in [5.74, 6) is -4.07. The summed E-state index contributed by atoms with van der Waals surface area (Å²) in [5.41, 5.74) is 0. The minimum absolute atomic E-state index is 0.102. The molecule has 8 heteroatoms. The van der Waals surface area contributed by atoms with Crippen molar-refractivity contribution in [2.75, 3.05) is 13.2 Å². The van der Waals surface area contributed by atoms with Crippen LogP contribution in [0.25, 0.3) is 0 Å². The number of carbonyl (C=O) groups is 3. The molecule has 1 unspecified atom stereocenters. The third-order valence-electron chi connectivity index (χ3n) is 3.98. The molecule has 0 aromatic carbocycles. The third kappa shape index (κ3) is 3.80. The normalized spacial score (nSPS) is 27.4. The summed E-state index contributed by atoms with van der Waals surface area (Å²) in [7, 11) is 0. The number of alkyl halides is 1. The molecule has 2 fully saturated rings. The Hall–Kier alpha value is -1.70. The zero-order valence-electron chi connectivity index (χ0n) is 13.3. The molecule has 0 spiro atoms. The highest BCUT2D eigenvalue weighted by atomic mass is 19.1. The minimum atomic E-state index is -2.26. The van der Waals surface area contributed by atoms with Gasteiger partial charge in [0, 0.05) is 13.0 Å². The van der Waals surface area contributed by atoms with E-state index >= 15 is 0 Å². The van der Waals surface area contributed by atoms with Gasteiger partial charge in [0.05, 0.1) is 6.61 Å². The van der Waals surface area contributed by atoms with Crippen molar-refractivity contribution in [3.63, 3.8) is 0 Å². The van der Waals surface area contributed by atoms with Crippen LogP contribution in [0.3, 0.4) is 0 Å². The molecule has 3 amide bonds. The van der Waals surface area contributed by atoms with Gasteiger partial charge in [0.25, 0.3) is 12.1 Å². The fraction of sp³-hybridized carbons (Fsp3) is 0.800. The number of carbonyl (C=O) groups excluding carboxylic acids is 3. The fourth-order valence-corrected chi connectivity index (χ4v) is 2.75. The maximum atomic E-state index is 14.4. The molecule has 0 aliphatic carbocycles. The summed E-state index contributed by atoms with van der Waals surface area (Å²) < 4.78 is 24.8. The summed E-state index contributed by atoms with van der Waals surface area (Å²) >= 11 is 0. The van der Waals surface area contributed by atoms with Crippen LogP contribution < -0.4 is 5.32 Å². The number of halogens is 1. The Balaban J connectivity index is 1.99. The number of hydrogen-bond donors (Lipinski definition) is 1. The van der Waals surface area contributed by atoms with Gasteiger partial charge < -0.3 is 9.47 Å². The Morgan fingerprint density at radius 2 is 2.13 bits per heavy atom. The number of hydrogen-bond acceptors (Lipinski definition) is 5. The Kier molecular flexibility index (Phi) is 5.92. The van der Waals surface area contributed by atoms with E-state index in [1.807, 2.05) is 5.32 Å². The molecule has 2 aliphatic rings. The average molecular weight is 330 g/mol. The van der Waals surface area contributed by atoms with E-state index in [0.717, 1.165) is 30.6 Å². The number of amides is 3. The highest BCUT2D eigenvalue weighted by molar-refractivity contribution is 6.00. The van der Waals surface area contributed by atoms with Crippen LogP contribution in [0.15, 0.2) is 0 Å². The van der Waals surface area contributed by atoms with E-state index in [0.29, 0.717) is 12.8 Å². The first-order valence-corrected chi connectivity index (χ1v) is 8.13. The molecule has 2 aliphatic heterocycles.